The fraction of sp³-hybridized carbons (Fsp3) is 0.200. The number of hydrogen-bond acceptors (Lipinski definition) is 1. The third-order valence-electron chi connectivity index (χ3n) is 3.18. The minimum absolute atomic E-state index is 0.274. The quantitative estimate of drug-likeness (QED) is 0.881. The van der Waals surface area contributed by atoms with Crippen LogP contribution in [0.15, 0.2) is 40.9 Å². The zero-order valence-corrected chi connectivity index (χ0v) is 12.0. The topological polar surface area (TPSA) is 26.0 Å². The second-order valence-corrected chi connectivity index (χ2v) is 5.40. The molecule has 2 aromatic carbocycles. The van der Waals surface area contributed by atoms with Gasteiger partial charge in [-0.25, -0.2) is 4.39 Å². The normalized spacial score (nSPS) is 12.5. The van der Waals surface area contributed by atoms with E-state index in [0.717, 1.165) is 10.0 Å². The van der Waals surface area contributed by atoms with Gasteiger partial charge in [0.2, 0.25) is 0 Å². The predicted molar refractivity (Wildman–Crippen MR) is 76.0 cm³/mol. The van der Waals surface area contributed by atoms with E-state index in [4.69, 9.17) is 5.73 Å². The number of rotatable bonds is 2. The van der Waals surface area contributed by atoms with Gasteiger partial charge in [-0.3, -0.25) is 0 Å². The molecule has 0 radical (unpaired) electrons. The molecule has 0 heterocycles. The monoisotopic (exact) mass is 307 g/mol. The van der Waals surface area contributed by atoms with Crippen LogP contribution >= 0.6 is 15.9 Å². The molecule has 0 spiro atoms. The lowest BCUT2D eigenvalue weighted by Crippen LogP contribution is -2.14. The van der Waals surface area contributed by atoms with Crippen LogP contribution in [0.3, 0.4) is 0 Å². The smallest absolute Gasteiger partial charge is 0.128 e. The second-order valence-electron chi connectivity index (χ2n) is 4.49. The van der Waals surface area contributed by atoms with E-state index < -0.39 is 6.04 Å². The number of benzene rings is 2. The largest absolute Gasteiger partial charge is 0.320 e. The van der Waals surface area contributed by atoms with Gasteiger partial charge in [0.25, 0.3) is 0 Å². The lowest BCUT2D eigenvalue weighted by molar-refractivity contribution is 0.599. The van der Waals surface area contributed by atoms with Crippen molar-refractivity contribution in [3.8, 4) is 0 Å². The van der Waals surface area contributed by atoms with Crippen LogP contribution in [0.2, 0.25) is 0 Å². The summed E-state index contributed by atoms with van der Waals surface area (Å²) in [5.74, 6) is -0.274. The van der Waals surface area contributed by atoms with E-state index in [9.17, 15) is 4.39 Å². The minimum Gasteiger partial charge on any atom is -0.320 e. The molecule has 0 aromatic heterocycles. The lowest BCUT2D eigenvalue weighted by Gasteiger charge is -2.15. The van der Waals surface area contributed by atoms with E-state index in [1.165, 1.54) is 17.2 Å². The van der Waals surface area contributed by atoms with Crippen molar-refractivity contribution in [1.82, 2.24) is 0 Å². The van der Waals surface area contributed by atoms with Crippen molar-refractivity contribution >= 4 is 15.9 Å². The van der Waals surface area contributed by atoms with Crippen molar-refractivity contribution in [1.29, 1.82) is 0 Å². The summed E-state index contributed by atoms with van der Waals surface area (Å²) in [5.41, 5.74) is 9.95. The average molecular weight is 308 g/mol. The highest BCUT2D eigenvalue weighted by molar-refractivity contribution is 9.10. The first kappa shape index (κ1) is 13.2. The van der Waals surface area contributed by atoms with Gasteiger partial charge in [-0.15, -0.1) is 0 Å². The van der Waals surface area contributed by atoms with Crippen LogP contribution in [0.5, 0.6) is 0 Å². The Hall–Kier alpha value is -1.19. The fourth-order valence-electron chi connectivity index (χ4n) is 1.89. The number of halogens is 2. The maximum Gasteiger partial charge on any atom is 0.128 e. The predicted octanol–water partition coefficient (Wildman–Crippen LogP) is 4.25. The fourth-order valence-corrected chi connectivity index (χ4v) is 2.27. The van der Waals surface area contributed by atoms with E-state index >= 15 is 0 Å². The van der Waals surface area contributed by atoms with Crippen molar-refractivity contribution < 1.29 is 4.39 Å². The lowest BCUT2D eigenvalue weighted by atomic mass is 9.96. The molecule has 1 unspecified atom stereocenters. The molecule has 2 N–H and O–H groups in total. The molecule has 0 aliphatic heterocycles. The molecule has 0 amide bonds. The first-order valence-corrected chi connectivity index (χ1v) is 6.56. The highest BCUT2D eigenvalue weighted by Gasteiger charge is 2.14. The van der Waals surface area contributed by atoms with Gasteiger partial charge in [0, 0.05) is 10.0 Å². The van der Waals surface area contributed by atoms with E-state index in [1.807, 2.05) is 32.0 Å². The highest BCUT2D eigenvalue weighted by atomic mass is 79.9. The van der Waals surface area contributed by atoms with Crippen molar-refractivity contribution in [3.05, 3.63) is 68.9 Å². The molecule has 0 aliphatic rings. The van der Waals surface area contributed by atoms with Crippen LogP contribution < -0.4 is 5.73 Å². The number of hydrogen-bond donors (Lipinski definition) is 1. The summed E-state index contributed by atoms with van der Waals surface area (Å²) in [7, 11) is 0. The van der Waals surface area contributed by atoms with Gasteiger partial charge in [0.15, 0.2) is 0 Å². The molecule has 2 rings (SSSR count). The zero-order valence-electron chi connectivity index (χ0n) is 10.4. The Kier molecular flexibility index (Phi) is 3.83. The van der Waals surface area contributed by atoms with Crippen molar-refractivity contribution in [3.63, 3.8) is 0 Å². The third-order valence-corrected chi connectivity index (χ3v) is 3.68. The summed E-state index contributed by atoms with van der Waals surface area (Å²) in [6.07, 6.45) is 0. The third kappa shape index (κ3) is 2.62. The van der Waals surface area contributed by atoms with E-state index in [1.54, 1.807) is 12.1 Å². The highest BCUT2D eigenvalue weighted by Crippen LogP contribution is 2.26. The van der Waals surface area contributed by atoms with E-state index in [2.05, 4.69) is 15.9 Å². The number of aryl methyl sites for hydroxylation is 2. The standard InChI is InChI=1S/C15H15BrFN/c1-9-3-4-11(7-10(9)2)15(18)13-8-12(16)5-6-14(13)17/h3-8,15H,18H2,1-2H3. The molecule has 1 nitrogen and oxygen atoms in total. The van der Waals surface area contributed by atoms with Gasteiger partial charge in [0.1, 0.15) is 5.82 Å². The summed E-state index contributed by atoms with van der Waals surface area (Å²) in [4.78, 5) is 0. The molecule has 0 fully saturated rings. The Morgan fingerprint density at radius 3 is 2.44 bits per heavy atom. The molecule has 0 bridgehead atoms. The Morgan fingerprint density at radius 1 is 1.06 bits per heavy atom. The molecule has 3 heteroatoms. The molecule has 1 atom stereocenters. The van der Waals surface area contributed by atoms with Crippen LogP contribution in [0.25, 0.3) is 0 Å². The molecule has 0 aliphatic carbocycles. The molecule has 94 valence electrons. The van der Waals surface area contributed by atoms with E-state index in [0.29, 0.717) is 5.56 Å². The Balaban J connectivity index is 2.44. The van der Waals surface area contributed by atoms with Crippen LogP contribution in [-0.2, 0) is 0 Å². The molecule has 2 aromatic rings. The minimum atomic E-state index is -0.443. The molecule has 0 saturated carbocycles. The van der Waals surface area contributed by atoms with Crippen LogP contribution in [-0.4, -0.2) is 0 Å². The summed E-state index contributed by atoms with van der Waals surface area (Å²) in [6, 6.07) is 10.4. The summed E-state index contributed by atoms with van der Waals surface area (Å²) < 4.78 is 14.6. The Bertz CT molecular complexity index is 581. The van der Waals surface area contributed by atoms with Crippen LogP contribution in [0, 0.1) is 19.7 Å². The maximum atomic E-state index is 13.8. The van der Waals surface area contributed by atoms with Gasteiger partial charge < -0.3 is 5.73 Å². The van der Waals surface area contributed by atoms with Gasteiger partial charge >= 0.3 is 0 Å². The average Bonchev–Trinajstić information content (AvgIpc) is 2.35. The Morgan fingerprint density at radius 2 is 1.78 bits per heavy atom. The Labute approximate surface area is 115 Å². The maximum absolute atomic E-state index is 13.8. The SMILES string of the molecule is Cc1ccc(C(N)c2cc(Br)ccc2F)cc1C. The number of nitrogens with two attached hydrogens (primary N) is 1. The van der Waals surface area contributed by atoms with Gasteiger partial charge in [0.05, 0.1) is 6.04 Å². The summed E-state index contributed by atoms with van der Waals surface area (Å²) in [6.45, 7) is 4.08. The van der Waals surface area contributed by atoms with Crippen molar-refractivity contribution in [2.45, 2.75) is 19.9 Å². The van der Waals surface area contributed by atoms with Crippen molar-refractivity contribution in [2.75, 3.05) is 0 Å². The zero-order chi connectivity index (χ0) is 13.3. The first-order valence-electron chi connectivity index (χ1n) is 5.76. The van der Waals surface area contributed by atoms with Crippen LogP contribution in [0.1, 0.15) is 28.3 Å². The first-order chi connectivity index (χ1) is 8.49. The summed E-state index contributed by atoms with van der Waals surface area (Å²) in [5, 5.41) is 0. The molecular weight excluding hydrogens is 293 g/mol. The molecule has 18 heavy (non-hydrogen) atoms. The van der Waals surface area contributed by atoms with Gasteiger partial charge in [-0.1, -0.05) is 34.1 Å². The molecular formula is C15H15BrFN. The van der Waals surface area contributed by atoms with Crippen LogP contribution in [0.4, 0.5) is 4.39 Å². The van der Waals surface area contributed by atoms with Gasteiger partial charge in [-0.05, 0) is 48.7 Å². The van der Waals surface area contributed by atoms with E-state index in [-0.39, 0.29) is 5.82 Å². The molecule has 0 saturated heterocycles. The van der Waals surface area contributed by atoms with Crippen molar-refractivity contribution in [2.24, 2.45) is 5.73 Å². The second kappa shape index (κ2) is 5.21. The van der Waals surface area contributed by atoms with Gasteiger partial charge in [-0.2, -0.15) is 0 Å². The summed E-state index contributed by atoms with van der Waals surface area (Å²) >= 11 is 3.34.